The molecule has 0 amide bonds. The maximum absolute atomic E-state index is 5.87. The van der Waals surface area contributed by atoms with Crippen molar-refractivity contribution in [3.05, 3.63) is 77.6 Å². The molecule has 6 heteroatoms. The largest absolute Gasteiger partial charge is 0.497 e. The van der Waals surface area contributed by atoms with Gasteiger partial charge in [0.15, 0.2) is 5.11 Å². The third-order valence-corrected chi connectivity index (χ3v) is 5.75. The minimum Gasteiger partial charge on any atom is -0.497 e. The molecule has 1 atom stereocenters. The second-order valence-electron chi connectivity index (χ2n) is 7.08. The number of nitrogens with one attached hydrogen (secondary N) is 1. The van der Waals surface area contributed by atoms with Crippen LogP contribution in [0.25, 0.3) is 0 Å². The fraction of sp³-hybridized carbons (Fsp3) is 0.261. The molecule has 0 saturated carbocycles. The molecule has 29 heavy (non-hydrogen) atoms. The fourth-order valence-corrected chi connectivity index (χ4v) is 4.19. The molecule has 0 fully saturated rings. The van der Waals surface area contributed by atoms with Gasteiger partial charge < -0.3 is 24.3 Å². The van der Waals surface area contributed by atoms with Gasteiger partial charge in [0.05, 0.1) is 14.2 Å². The minimum absolute atomic E-state index is 0.0761. The molecule has 0 aliphatic carbocycles. The Hall–Kier alpha value is -2.99. The molecule has 0 radical (unpaired) electrons. The van der Waals surface area contributed by atoms with Gasteiger partial charge in [-0.25, -0.2) is 0 Å². The number of hydrogen-bond donors (Lipinski definition) is 1. The Labute approximate surface area is 176 Å². The molecule has 3 aromatic rings. The monoisotopic (exact) mass is 407 g/mol. The normalized spacial score (nSPS) is 15.6. The van der Waals surface area contributed by atoms with E-state index in [1.807, 2.05) is 30.3 Å². The van der Waals surface area contributed by atoms with Gasteiger partial charge in [-0.3, -0.25) is 0 Å². The first-order valence-corrected chi connectivity index (χ1v) is 10.0. The van der Waals surface area contributed by atoms with E-state index in [9.17, 15) is 0 Å². The summed E-state index contributed by atoms with van der Waals surface area (Å²) >= 11 is 5.87. The van der Waals surface area contributed by atoms with Crippen LogP contribution in [-0.2, 0) is 6.54 Å². The molecule has 1 aromatic heterocycles. The van der Waals surface area contributed by atoms with Crippen molar-refractivity contribution < 1.29 is 9.47 Å². The van der Waals surface area contributed by atoms with Crippen molar-refractivity contribution in [3.63, 3.8) is 0 Å². The molecular formula is C23H25N3O2S. The Balaban J connectivity index is 1.76. The van der Waals surface area contributed by atoms with Crippen LogP contribution < -0.4 is 14.8 Å². The number of rotatable bonds is 4. The van der Waals surface area contributed by atoms with Crippen LogP contribution >= 0.6 is 12.2 Å². The summed E-state index contributed by atoms with van der Waals surface area (Å²) in [5.41, 5.74) is 4.39. The molecule has 2 aromatic carbocycles. The van der Waals surface area contributed by atoms with Gasteiger partial charge in [0.2, 0.25) is 0 Å². The number of aromatic nitrogens is 1. The molecule has 1 unspecified atom stereocenters. The summed E-state index contributed by atoms with van der Waals surface area (Å²) in [4.78, 5) is 2.23. The average molecular weight is 408 g/mol. The number of fused-ring (bicyclic) bond motifs is 1. The Morgan fingerprint density at radius 2 is 1.86 bits per heavy atom. The van der Waals surface area contributed by atoms with Crippen molar-refractivity contribution in [3.8, 4) is 11.5 Å². The topological polar surface area (TPSA) is 38.7 Å². The van der Waals surface area contributed by atoms with Crippen molar-refractivity contribution in [2.45, 2.75) is 19.5 Å². The molecule has 1 aliphatic rings. The van der Waals surface area contributed by atoms with E-state index in [1.54, 1.807) is 14.2 Å². The molecule has 5 nitrogen and oxygen atoms in total. The maximum atomic E-state index is 5.87. The summed E-state index contributed by atoms with van der Waals surface area (Å²) in [5.74, 6) is 1.61. The number of ether oxygens (including phenoxy) is 2. The van der Waals surface area contributed by atoms with Crippen LogP contribution in [0.1, 0.15) is 22.9 Å². The van der Waals surface area contributed by atoms with Crippen LogP contribution in [0.5, 0.6) is 11.5 Å². The summed E-state index contributed by atoms with van der Waals surface area (Å²) in [5, 5.41) is 4.14. The summed E-state index contributed by atoms with van der Waals surface area (Å²) in [7, 11) is 3.37. The molecule has 0 spiro atoms. The third-order valence-electron chi connectivity index (χ3n) is 5.42. The molecule has 1 N–H and O–H groups in total. The van der Waals surface area contributed by atoms with E-state index in [0.717, 1.165) is 41.4 Å². The number of benzene rings is 2. The van der Waals surface area contributed by atoms with E-state index in [2.05, 4.69) is 52.2 Å². The fourth-order valence-electron chi connectivity index (χ4n) is 3.88. The van der Waals surface area contributed by atoms with E-state index in [-0.39, 0.29) is 6.04 Å². The molecule has 1 aliphatic heterocycles. The number of nitrogens with zero attached hydrogens (tertiary/aromatic N) is 2. The summed E-state index contributed by atoms with van der Waals surface area (Å²) in [6, 6.07) is 18.2. The first kappa shape index (κ1) is 19.3. The van der Waals surface area contributed by atoms with Crippen molar-refractivity contribution in [2.24, 2.45) is 0 Å². The Morgan fingerprint density at radius 1 is 1.03 bits per heavy atom. The van der Waals surface area contributed by atoms with Gasteiger partial charge in [-0.05, 0) is 61.1 Å². The van der Waals surface area contributed by atoms with E-state index >= 15 is 0 Å². The lowest BCUT2D eigenvalue weighted by atomic mass is 9.98. The number of para-hydroxylation sites is 1. The van der Waals surface area contributed by atoms with Gasteiger partial charge in [-0.15, -0.1) is 0 Å². The highest BCUT2D eigenvalue weighted by atomic mass is 32.1. The molecule has 0 bridgehead atoms. The summed E-state index contributed by atoms with van der Waals surface area (Å²) in [6.07, 6.45) is 2.12. The maximum Gasteiger partial charge on any atom is 0.174 e. The number of aryl methyl sites for hydroxylation is 1. The van der Waals surface area contributed by atoms with Gasteiger partial charge in [-0.1, -0.05) is 18.2 Å². The Kier molecular flexibility index (Phi) is 5.45. The molecular weight excluding hydrogens is 382 g/mol. The summed E-state index contributed by atoms with van der Waals surface area (Å²) < 4.78 is 13.5. The predicted octanol–water partition coefficient (Wildman–Crippen LogP) is 4.62. The first-order valence-electron chi connectivity index (χ1n) is 9.62. The summed E-state index contributed by atoms with van der Waals surface area (Å²) in [6.45, 7) is 3.75. The lowest BCUT2D eigenvalue weighted by Crippen LogP contribution is -2.44. The standard InChI is InChI=1S/C23H25N3O2S/c1-16-7-4-5-8-19(16)24-23(29)26-14-13-25-12-6-9-20(25)22(26)18-15-17(27-2)10-11-21(18)28-3/h4-12,15,22H,13-14H2,1-3H3,(H,24,29). The van der Waals surface area contributed by atoms with Crippen molar-refractivity contribution in [1.29, 1.82) is 0 Å². The molecule has 2 heterocycles. The van der Waals surface area contributed by atoms with Gasteiger partial charge >= 0.3 is 0 Å². The SMILES string of the molecule is COc1ccc(OC)c(C2c3cccn3CCN2C(=S)Nc2ccccc2C)c1. The average Bonchev–Trinajstić information content (AvgIpc) is 3.23. The van der Waals surface area contributed by atoms with E-state index in [4.69, 9.17) is 21.7 Å². The zero-order valence-electron chi connectivity index (χ0n) is 16.9. The van der Waals surface area contributed by atoms with Gasteiger partial charge in [-0.2, -0.15) is 0 Å². The lowest BCUT2D eigenvalue weighted by Gasteiger charge is -2.39. The van der Waals surface area contributed by atoms with Gasteiger partial charge in [0.25, 0.3) is 0 Å². The van der Waals surface area contributed by atoms with Crippen molar-refractivity contribution in [2.75, 3.05) is 26.1 Å². The number of hydrogen-bond acceptors (Lipinski definition) is 3. The zero-order valence-corrected chi connectivity index (χ0v) is 17.7. The predicted molar refractivity (Wildman–Crippen MR) is 120 cm³/mol. The van der Waals surface area contributed by atoms with E-state index in [1.165, 1.54) is 5.69 Å². The van der Waals surface area contributed by atoms with Crippen molar-refractivity contribution in [1.82, 2.24) is 9.47 Å². The van der Waals surface area contributed by atoms with Crippen LogP contribution in [0.3, 0.4) is 0 Å². The van der Waals surface area contributed by atoms with Crippen LogP contribution in [-0.4, -0.2) is 35.3 Å². The van der Waals surface area contributed by atoms with Crippen LogP contribution in [0, 0.1) is 6.92 Å². The first-order chi connectivity index (χ1) is 14.1. The minimum atomic E-state index is -0.0761. The second-order valence-corrected chi connectivity index (χ2v) is 7.46. The number of thiocarbonyl (C=S) groups is 1. The second kappa shape index (κ2) is 8.17. The Morgan fingerprint density at radius 3 is 2.62 bits per heavy atom. The Bertz CT molecular complexity index is 1030. The van der Waals surface area contributed by atoms with Gasteiger partial charge in [0, 0.05) is 36.2 Å². The quantitative estimate of drug-likeness (QED) is 0.639. The lowest BCUT2D eigenvalue weighted by molar-refractivity contribution is 0.284. The van der Waals surface area contributed by atoms with Gasteiger partial charge in [0.1, 0.15) is 17.5 Å². The highest BCUT2D eigenvalue weighted by molar-refractivity contribution is 7.80. The van der Waals surface area contributed by atoms with E-state index < -0.39 is 0 Å². The smallest absolute Gasteiger partial charge is 0.174 e. The van der Waals surface area contributed by atoms with Crippen LogP contribution in [0.4, 0.5) is 5.69 Å². The van der Waals surface area contributed by atoms with Crippen LogP contribution in [0.2, 0.25) is 0 Å². The highest BCUT2D eigenvalue weighted by Crippen LogP contribution is 2.39. The molecule has 150 valence electrons. The number of methoxy groups -OCH3 is 2. The molecule has 4 rings (SSSR count). The van der Waals surface area contributed by atoms with Crippen LogP contribution in [0.15, 0.2) is 60.8 Å². The zero-order chi connectivity index (χ0) is 20.4. The van der Waals surface area contributed by atoms with Crippen molar-refractivity contribution >= 4 is 23.0 Å². The number of anilines is 1. The third kappa shape index (κ3) is 3.68. The molecule has 0 saturated heterocycles. The highest BCUT2D eigenvalue weighted by Gasteiger charge is 2.33. The van der Waals surface area contributed by atoms with E-state index in [0.29, 0.717) is 5.11 Å².